The summed E-state index contributed by atoms with van der Waals surface area (Å²) in [5.41, 5.74) is 1.12. The SMILES string of the molecule is O=C(NC(=S)Nc1ccc(S(=O)[O-])cc1)c1ccccc1I. The number of benzene rings is 2. The Morgan fingerprint density at radius 3 is 2.36 bits per heavy atom. The van der Waals surface area contributed by atoms with Gasteiger partial charge in [0.1, 0.15) is 0 Å². The van der Waals surface area contributed by atoms with Crippen molar-refractivity contribution in [1.29, 1.82) is 0 Å². The first-order valence-electron chi connectivity index (χ1n) is 6.03. The average molecular weight is 445 g/mol. The number of rotatable bonds is 3. The molecule has 8 heteroatoms. The molecule has 0 aliphatic heterocycles. The zero-order chi connectivity index (χ0) is 16.1. The van der Waals surface area contributed by atoms with Crippen LogP contribution in [0.25, 0.3) is 0 Å². The fraction of sp³-hybridized carbons (Fsp3) is 0. The minimum Gasteiger partial charge on any atom is -0.768 e. The Morgan fingerprint density at radius 1 is 1.14 bits per heavy atom. The van der Waals surface area contributed by atoms with Gasteiger partial charge in [-0.15, -0.1) is 0 Å². The van der Waals surface area contributed by atoms with Crippen molar-refractivity contribution in [2.24, 2.45) is 0 Å². The second-order valence-electron chi connectivity index (χ2n) is 4.15. The van der Waals surface area contributed by atoms with E-state index in [1.807, 2.05) is 12.1 Å². The van der Waals surface area contributed by atoms with Gasteiger partial charge in [0.2, 0.25) is 0 Å². The fourth-order valence-corrected chi connectivity index (χ4v) is 2.83. The summed E-state index contributed by atoms with van der Waals surface area (Å²) < 4.78 is 22.4. The van der Waals surface area contributed by atoms with Crippen LogP contribution in [0.15, 0.2) is 53.4 Å². The van der Waals surface area contributed by atoms with E-state index in [1.165, 1.54) is 12.1 Å². The maximum atomic E-state index is 12.1. The Kier molecular flexibility index (Phi) is 6.00. The quantitative estimate of drug-likeness (QED) is 0.432. The molecule has 1 amide bonds. The number of carbonyl (C=O) groups excluding carboxylic acids is 1. The van der Waals surface area contributed by atoms with E-state index in [9.17, 15) is 13.6 Å². The molecule has 114 valence electrons. The monoisotopic (exact) mass is 445 g/mol. The Morgan fingerprint density at radius 2 is 1.77 bits per heavy atom. The summed E-state index contributed by atoms with van der Waals surface area (Å²) in [6.07, 6.45) is 0. The summed E-state index contributed by atoms with van der Waals surface area (Å²) in [5, 5.41) is 5.54. The minimum absolute atomic E-state index is 0.139. The molecule has 0 saturated heterocycles. The van der Waals surface area contributed by atoms with E-state index in [1.54, 1.807) is 24.3 Å². The third-order valence-electron chi connectivity index (χ3n) is 2.65. The van der Waals surface area contributed by atoms with E-state index in [4.69, 9.17) is 12.2 Å². The lowest BCUT2D eigenvalue weighted by atomic mass is 10.2. The van der Waals surface area contributed by atoms with Gasteiger partial charge >= 0.3 is 0 Å². The molecule has 0 radical (unpaired) electrons. The molecule has 0 bridgehead atoms. The predicted octanol–water partition coefficient (Wildman–Crippen LogP) is 2.66. The Bertz CT molecular complexity index is 735. The van der Waals surface area contributed by atoms with E-state index >= 15 is 0 Å². The standard InChI is InChI=1S/C14H11IN2O3S2/c15-12-4-2-1-3-11(12)13(18)17-14(21)16-9-5-7-10(8-6-9)22(19)20/h1-8H,(H,19,20)(H2,16,17,18,21)/p-1. The highest BCUT2D eigenvalue weighted by molar-refractivity contribution is 14.1. The number of anilines is 1. The number of hydrogen-bond donors (Lipinski definition) is 2. The molecule has 0 saturated carbocycles. The minimum atomic E-state index is -2.27. The van der Waals surface area contributed by atoms with E-state index < -0.39 is 11.1 Å². The van der Waals surface area contributed by atoms with Crippen molar-refractivity contribution in [2.45, 2.75) is 4.90 Å². The zero-order valence-electron chi connectivity index (χ0n) is 11.0. The van der Waals surface area contributed by atoms with Crippen LogP contribution in [-0.2, 0) is 11.1 Å². The van der Waals surface area contributed by atoms with Gasteiger partial charge < -0.3 is 9.87 Å². The zero-order valence-corrected chi connectivity index (χ0v) is 14.8. The van der Waals surface area contributed by atoms with Gasteiger partial charge in [-0.2, -0.15) is 0 Å². The lowest BCUT2D eigenvalue weighted by molar-refractivity contribution is 0.0977. The molecular weight excluding hydrogens is 435 g/mol. The van der Waals surface area contributed by atoms with Crippen molar-refractivity contribution in [1.82, 2.24) is 5.32 Å². The van der Waals surface area contributed by atoms with E-state index in [0.29, 0.717) is 11.3 Å². The first-order chi connectivity index (χ1) is 10.5. The van der Waals surface area contributed by atoms with Crippen LogP contribution in [0.4, 0.5) is 5.69 Å². The summed E-state index contributed by atoms with van der Waals surface area (Å²) in [5.74, 6) is -0.306. The van der Waals surface area contributed by atoms with Crippen LogP contribution in [0.2, 0.25) is 0 Å². The highest BCUT2D eigenvalue weighted by Gasteiger charge is 2.10. The summed E-state index contributed by atoms with van der Waals surface area (Å²) in [6.45, 7) is 0. The molecule has 0 aromatic heterocycles. The first kappa shape index (κ1) is 17.0. The average Bonchev–Trinajstić information content (AvgIpc) is 2.48. The van der Waals surface area contributed by atoms with Gasteiger partial charge in [0.15, 0.2) is 5.11 Å². The highest BCUT2D eigenvalue weighted by Crippen LogP contribution is 2.13. The Hall–Kier alpha value is -1.36. The van der Waals surface area contributed by atoms with Crippen molar-refractivity contribution in [3.05, 3.63) is 57.7 Å². The van der Waals surface area contributed by atoms with Crippen LogP contribution in [-0.4, -0.2) is 19.8 Å². The number of hydrogen-bond acceptors (Lipinski definition) is 4. The van der Waals surface area contributed by atoms with Crippen LogP contribution in [0.5, 0.6) is 0 Å². The van der Waals surface area contributed by atoms with Gasteiger partial charge in [-0.3, -0.25) is 14.3 Å². The van der Waals surface area contributed by atoms with Crippen LogP contribution >= 0.6 is 34.8 Å². The molecule has 2 rings (SSSR count). The highest BCUT2D eigenvalue weighted by atomic mass is 127. The van der Waals surface area contributed by atoms with Gasteiger partial charge in [-0.25, -0.2) is 0 Å². The molecule has 0 aliphatic rings. The molecular formula is C14H10IN2O3S2-. The second-order valence-corrected chi connectivity index (χ2v) is 6.66. The number of carbonyl (C=O) groups is 1. The third kappa shape index (κ3) is 4.57. The van der Waals surface area contributed by atoms with Crippen LogP contribution in [0, 0.1) is 3.57 Å². The fourth-order valence-electron chi connectivity index (χ4n) is 1.63. The molecule has 5 nitrogen and oxygen atoms in total. The third-order valence-corrected chi connectivity index (χ3v) is 4.45. The predicted molar refractivity (Wildman–Crippen MR) is 96.5 cm³/mol. The maximum absolute atomic E-state index is 12.1. The van der Waals surface area contributed by atoms with E-state index in [-0.39, 0.29) is 15.9 Å². The molecule has 0 heterocycles. The van der Waals surface area contributed by atoms with Crippen LogP contribution in [0.3, 0.4) is 0 Å². The molecule has 2 aromatic rings. The first-order valence-corrected chi connectivity index (χ1v) is 8.60. The van der Waals surface area contributed by atoms with Gasteiger partial charge in [-0.05, 0) is 82.3 Å². The lowest BCUT2D eigenvalue weighted by Gasteiger charge is -2.11. The summed E-state index contributed by atoms with van der Waals surface area (Å²) in [7, 11) is 0. The summed E-state index contributed by atoms with van der Waals surface area (Å²) in [6, 6.07) is 13.2. The van der Waals surface area contributed by atoms with Gasteiger partial charge in [0.05, 0.1) is 5.56 Å². The smallest absolute Gasteiger partial charge is 0.258 e. The molecule has 22 heavy (non-hydrogen) atoms. The molecule has 0 spiro atoms. The van der Waals surface area contributed by atoms with Gasteiger partial charge in [0.25, 0.3) is 5.91 Å². The van der Waals surface area contributed by atoms with Crippen molar-refractivity contribution in [2.75, 3.05) is 5.32 Å². The molecule has 2 N–H and O–H groups in total. The van der Waals surface area contributed by atoms with Gasteiger partial charge in [0, 0.05) is 14.2 Å². The number of halogens is 1. The van der Waals surface area contributed by atoms with Crippen molar-refractivity contribution in [3.8, 4) is 0 Å². The normalized spacial score (nSPS) is 11.5. The maximum Gasteiger partial charge on any atom is 0.258 e. The summed E-state index contributed by atoms with van der Waals surface area (Å²) >= 11 is 4.88. The van der Waals surface area contributed by atoms with Crippen LogP contribution < -0.4 is 10.6 Å². The largest absolute Gasteiger partial charge is 0.768 e. The molecule has 0 aliphatic carbocycles. The molecule has 1 atom stereocenters. The number of amides is 1. The van der Waals surface area contributed by atoms with Crippen LogP contribution in [0.1, 0.15) is 10.4 Å². The van der Waals surface area contributed by atoms with Crippen molar-refractivity contribution in [3.63, 3.8) is 0 Å². The van der Waals surface area contributed by atoms with Gasteiger partial charge in [-0.1, -0.05) is 12.1 Å². The molecule has 0 fully saturated rings. The summed E-state index contributed by atoms with van der Waals surface area (Å²) in [4.78, 5) is 12.3. The van der Waals surface area contributed by atoms with E-state index in [0.717, 1.165) is 3.57 Å². The second kappa shape index (κ2) is 7.77. The lowest BCUT2D eigenvalue weighted by Crippen LogP contribution is -2.34. The van der Waals surface area contributed by atoms with E-state index in [2.05, 4.69) is 33.2 Å². The molecule has 2 aromatic carbocycles. The Labute approximate surface area is 148 Å². The topological polar surface area (TPSA) is 81.3 Å². The van der Waals surface area contributed by atoms with Crippen molar-refractivity contribution < 1.29 is 13.6 Å². The number of nitrogens with one attached hydrogen (secondary N) is 2. The number of thiocarbonyl (C=S) groups is 1. The molecule has 1 unspecified atom stereocenters. The van der Waals surface area contributed by atoms with Crippen molar-refractivity contribution >= 4 is 62.6 Å². The Balaban J connectivity index is 1.99.